The Balaban J connectivity index is 2.59. The quantitative estimate of drug-likeness (QED) is 0.749. The molecule has 5 nitrogen and oxygen atoms in total. The molecule has 0 aromatic carbocycles. The molecule has 0 radical (unpaired) electrons. The molecule has 0 spiro atoms. The van der Waals surface area contributed by atoms with Crippen molar-refractivity contribution in [2.75, 3.05) is 45.6 Å². The summed E-state index contributed by atoms with van der Waals surface area (Å²) in [6, 6.07) is 2.00. The first-order valence-electron chi connectivity index (χ1n) is 7.50. The maximum Gasteiger partial charge on any atom is 0.144 e. The molecule has 1 heterocycles. The van der Waals surface area contributed by atoms with Crippen LogP contribution in [0.15, 0.2) is 6.07 Å². The average molecular weight is 279 g/mol. The molecule has 1 rings (SSSR count). The number of nitrogens with one attached hydrogen (secondary N) is 1. The Morgan fingerprint density at radius 3 is 2.50 bits per heavy atom. The minimum Gasteiger partial charge on any atom is -0.370 e. The summed E-state index contributed by atoms with van der Waals surface area (Å²) in [5.41, 5.74) is 1.02. The third-order valence-electron chi connectivity index (χ3n) is 3.15. The number of aryl methyl sites for hydroxylation is 1. The van der Waals surface area contributed by atoms with E-state index in [9.17, 15) is 0 Å². The second kappa shape index (κ2) is 8.87. The highest BCUT2D eigenvalue weighted by atomic mass is 15.2. The van der Waals surface area contributed by atoms with E-state index in [1.807, 2.05) is 13.0 Å². The van der Waals surface area contributed by atoms with Crippen molar-refractivity contribution in [2.45, 2.75) is 33.7 Å². The summed E-state index contributed by atoms with van der Waals surface area (Å²) in [6.45, 7) is 11.2. The Hall–Kier alpha value is -1.20. The molecule has 1 aromatic heterocycles. The number of rotatable bonds is 9. The monoisotopic (exact) mass is 279 g/mol. The van der Waals surface area contributed by atoms with Gasteiger partial charge in [0.15, 0.2) is 0 Å². The normalized spacial score (nSPS) is 11.3. The fourth-order valence-electron chi connectivity index (χ4n) is 2.13. The van der Waals surface area contributed by atoms with E-state index in [4.69, 9.17) is 0 Å². The van der Waals surface area contributed by atoms with Crippen LogP contribution >= 0.6 is 0 Å². The van der Waals surface area contributed by atoms with Crippen LogP contribution in [0.5, 0.6) is 0 Å². The van der Waals surface area contributed by atoms with Gasteiger partial charge in [-0.25, -0.2) is 9.97 Å². The van der Waals surface area contributed by atoms with Gasteiger partial charge in [0.05, 0.1) is 6.54 Å². The summed E-state index contributed by atoms with van der Waals surface area (Å²) in [7, 11) is 4.23. The van der Waals surface area contributed by atoms with Gasteiger partial charge in [0, 0.05) is 18.3 Å². The Bertz CT molecular complexity index is 392. The number of aromatic nitrogens is 2. The summed E-state index contributed by atoms with van der Waals surface area (Å²) >= 11 is 0. The minimum atomic E-state index is 0.823. The first-order valence-corrected chi connectivity index (χ1v) is 7.50. The van der Waals surface area contributed by atoms with Gasteiger partial charge in [-0.1, -0.05) is 6.92 Å². The molecule has 0 aliphatic carbocycles. The highest BCUT2D eigenvalue weighted by Gasteiger charge is 2.08. The molecule has 0 saturated heterocycles. The average Bonchev–Trinajstić information content (AvgIpc) is 2.36. The molecule has 0 fully saturated rings. The molecule has 0 unspecified atom stereocenters. The van der Waals surface area contributed by atoms with Gasteiger partial charge in [0.1, 0.15) is 11.6 Å². The predicted octanol–water partition coefficient (Wildman–Crippen LogP) is 1.99. The van der Waals surface area contributed by atoms with Gasteiger partial charge in [-0.05, 0) is 54.0 Å². The van der Waals surface area contributed by atoms with Crippen LogP contribution in [0.3, 0.4) is 0 Å². The molecule has 0 saturated carbocycles. The smallest absolute Gasteiger partial charge is 0.144 e. The Morgan fingerprint density at radius 2 is 1.90 bits per heavy atom. The van der Waals surface area contributed by atoms with E-state index in [-0.39, 0.29) is 0 Å². The van der Waals surface area contributed by atoms with Gasteiger partial charge in [0.2, 0.25) is 0 Å². The van der Waals surface area contributed by atoms with Crippen LogP contribution < -0.4 is 5.32 Å². The van der Waals surface area contributed by atoms with Crippen molar-refractivity contribution < 1.29 is 0 Å². The van der Waals surface area contributed by atoms with Crippen LogP contribution in [0, 0.1) is 6.92 Å². The SMILES string of the molecule is CCNc1cc(C)nc(CN(CC)CCCN(C)C)n1. The molecule has 20 heavy (non-hydrogen) atoms. The summed E-state index contributed by atoms with van der Waals surface area (Å²) < 4.78 is 0. The van der Waals surface area contributed by atoms with Gasteiger partial charge in [-0.2, -0.15) is 0 Å². The molecular weight excluding hydrogens is 250 g/mol. The van der Waals surface area contributed by atoms with Crippen LogP contribution in [0.25, 0.3) is 0 Å². The fourth-order valence-corrected chi connectivity index (χ4v) is 2.13. The molecular formula is C15H29N5. The molecule has 0 amide bonds. The zero-order valence-corrected chi connectivity index (χ0v) is 13.6. The first kappa shape index (κ1) is 16.9. The molecule has 1 aromatic rings. The summed E-state index contributed by atoms with van der Waals surface area (Å²) in [6.07, 6.45) is 1.17. The Morgan fingerprint density at radius 1 is 1.15 bits per heavy atom. The summed E-state index contributed by atoms with van der Waals surface area (Å²) in [4.78, 5) is 13.7. The van der Waals surface area contributed by atoms with Gasteiger partial charge in [-0.15, -0.1) is 0 Å². The molecule has 0 bridgehead atoms. The van der Waals surface area contributed by atoms with Crippen molar-refractivity contribution >= 4 is 5.82 Å². The lowest BCUT2D eigenvalue weighted by molar-refractivity contribution is 0.253. The highest BCUT2D eigenvalue weighted by molar-refractivity contribution is 5.35. The zero-order valence-electron chi connectivity index (χ0n) is 13.6. The summed E-state index contributed by atoms with van der Waals surface area (Å²) in [5.74, 6) is 1.84. The third kappa shape index (κ3) is 6.30. The molecule has 1 N–H and O–H groups in total. The van der Waals surface area contributed by atoms with E-state index < -0.39 is 0 Å². The van der Waals surface area contributed by atoms with E-state index in [0.29, 0.717) is 0 Å². The van der Waals surface area contributed by atoms with Gasteiger partial charge < -0.3 is 10.2 Å². The summed E-state index contributed by atoms with van der Waals surface area (Å²) in [5, 5.41) is 3.26. The van der Waals surface area contributed by atoms with E-state index in [1.54, 1.807) is 0 Å². The largest absolute Gasteiger partial charge is 0.370 e. The fraction of sp³-hybridized carbons (Fsp3) is 0.733. The predicted molar refractivity (Wildman–Crippen MR) is 85.1 cm³/mol. The Kier molecular flexibility index (Phi) is 7.47. The van der Waals surface area contributed by atoms with E-state index in [0.717, 1.165) is 50.1 Å². The van der Waals surface area contributed by atoms with Crippen molar-refractivity contribution in [1.82, 2.24) is 19.8 Å². The van der Waals surface area contributed by atoms with Crippen LogP contribution in [0.2, 0.25) is 0 Å². The lowest BCUT2D eigenvalue weighted by Gasteiger charge is -2.21. The van der Waals surface area contributed by atoms with E-state index in [2.05, 4.69) is 53.0 Å². The van der Waals surface area contributed by atoms with Crippen molar-refractivity contribution in [3.63, 3.8) is 0 Å². The van der Waals surface area contributed by atoms with E-state index in [1.165, 1.54) is 6.42 Å². The van der Waals surface area contributed by atoms with Crippen LogP contribution in [0.1, 0.15) is 31.8 Å². The maximum absolute atomic E-state index is 4.58. The number of hydrogen-bond acceptors (Lipinski definition) is 5. The number of nitrogens with zero attached hydrogens (tertiary/aromatic N) is 4. The minimum absolute atomic E-state index is 0.823. The maximum atomic E-state index is 4.58. The molecule has 0 aliphatic rings. The molecule has 0 aliphatic heterocycles. The van der Waals surface area contributed by atoms with Gasteiger partial charge in [-0.3, -0.25) is 4.90 Å². The van der Waals surface area contributed by atoms with Crippen LogP contribution in [-0.4, -0.2) is 60.0 Å². The van der Waals surface area contributed by atoms with Crippen molar-refractivity contribution in [3.05, 3.63) is 17.6 Å². The molecule has 0 atom stereocenters. The lowest BCUT2D eigenvalue weighted by Crippen LogP contribution is -2.28. The van der Waals surface area contributed by atoms with Crippen LogP contribution in [0.4, 0.5) is 5.82 Å². The number of hydrogen-bond donors (Lipinski definition) is 1. The van der Waals surface area contributed by atoms with E-state index >= 15 is 0 Å². The number of anilines is 1. The third-order valence-corrected chi connectivity index (χ3v) is 3.15. The molecule has 114 valence electrons. The van der Waals surface area contributed by atoms with Gasteiger partial charge in [0.25, 0.3) is 0 Å². The van der Waals surface area contributed by atoms with Crippen molar-refractivity contribution in [2.24, 2.45) is 0 Å². The lowest BCUT2D eigenvalue weighted by atomic mass is 10.3. The van der Waals surface area contributed by atoms with Gasteiger partial charge >= 0.3 is 0 Å². The molecule has 5 heteroatoms. The topological polar surface area (TPSA) is 44.3 Å². The van der Waals surface area contributed by atoms with Crippen molar-refractivity contribution in [1.29, 1.82) is 0 Å². The second-order valence-electron chi connectivity index (χ2n) is 5.37. The Labute approximate surface area is 123 Å². The standard InChI is InChI=1S/C15H29N5/c1-6-16-14-11-13(3)17-15(18-14)12-20(7-2)10-8-9-19(4)5/h11H,6-10,12H2,1-5H3,(H,16,17,18). The first-order chi connectivity index (χ1) is 9.55. The van der Waals surface area contributed by atoms with Crippen LogP contribution in [-0.2, 0) is 6.54 Å². The second-order valence-corrected chi connectivity index (χ2v) is 5.37. The zero-order chi connectivity index (χ0) is 15.0. The van der Waals surface area contributed by atoms with Crippen molar-refractivity contribution in [3.8, 4) is 0 Å². The highest BCUT2D eigenvalue weighted by Crippen LogP contribution is 2.08.